The Morgan fingerprint density at radius 1 is 1.57 bits per heavy atom. The van der Waals surface area contributed by atoms with Gasteiger partial charge in [-0.1, -0.05) is 0 Å². The van der Waals surface area contributed by atoms with Crippen LogP contribution in [0.3, 0.4) is 0 Å². The number of alkyl halides is 1. The Kier molecular flexibility index (Phi) is 2.50. The zero-order valence-corrected chi connectivity index (χ0v) is 7.36. The molecule has 0 saturated carbocycles. The molecule has 0 atom stereocenters. The number of hydrogen-bond donors (Lipinski definition) is 1. The van der Waals surface area contributed by atoms with Crippen molar-refractivity contribution in [3.8, 4) is 0 Å². The van der Waals surface area contributed by atoms with Crippen LogP contribution in [0.15, 0.2) is 15.8 Å². The van der Waals surface area contributed by atoms with Crippen LogP contribution >= 0.6 is 0 Å². The number of amides is 1. The van der Waals surface area contributed by atoms with Crippen molar-refractivity contribution >= 4 is 5.91 Å². The molecule has 7 heteroatoms. The third-order valence-corrected chi connectivity index (χ3v) is 1.75. The van der Waals surface area contributed by atoms with E-state index in [4.69, 9.17) is 5.73 Å². The standard InChI is InChI=1S/C7H8FN3O3/c1-10-6(13)4(5(9)12)2-11(3-8)7(10)14/h2H,3H2,1H3,(H2,9,12). The molecule has 1 aromatic heterocycles. The third kappa shape index (κ3) is 1.43. The van der Waals surface area contributed by atoms with Crippen LogP contribution in [-0.2, 0) is 13.8 Å². The maximum absolute atomic E-state index is 12.2. The van der Waals surface area contributed by atoms with E-state index in [0.29, 0.717) is 9.13 Å². The summed E-state index contributed by atoms with van der Waals surface area (Å²) < 4.78 is 13.4. The summed E-state index contributed by atoms with van der Waals surface area (Å²) >= 11 is 0. The summed E-state index contributed by atoms with van der Waals surface area (Å²) in [6, 6.07) is 0. The van der Waals surface area contributed by atoms with Crippen molar-refractivity contribution in [3.63, 3.8) is 0 Å². The number of aromatic nitrogens is 2. The van der Waals surface area contributed by atoms with E-state index in [9.17, 15) is 18.8 Å². The largest absolute Gasteiger partial charge is 0.365 e. The van der Waals surface area contributed by atoms with Crippen LogP contribution in [0.4, 0.5) is 4.39 Å². The fourth-order valence-corrected chi connectivity index (χ4v) is 0.981. The van der Waals surface area contributed by atoms with Gasteiger partial charge in [0.1, 0.15) is 5.56 Å². The Bertz CT molecular complexity index is 488. The van der Waals surface area contributed by atoms with Gasteiger partial charge in [-0.05, 0) is 0 Å². The molecule has 0 fully saturated rings. The van der Waals surface area contributed by atoms with Gasteiger partial charge in [0.25, 0.3) is 11.5 Å². The molecule has 1 aromatic rings. The lowest BCUT2D eigenvalue weighted by molar-refractivity contribution is 0.0997. The summed E-state index contributed by atoms with van der Waals surface area (Å²) in [6.07, 6.45) is 0.812. The smallest absolute Gasteiger partial charge is 0.332 e. The Balaban J connectivity index is 3.66. The molecule has 0 saturated heterocycles. The monoisotopic (exact) mass is 201 g/mol. The fourth-order valence-electron chi connectivity index (χ4n) is 0.981. The molecule has 14 heavy (non-hydrogen) atoms. The fraction of sp³-hybridized carbons (Fsp3) is 0.286. The first-order valence-electron chi connectivity index (χ1n) is 3.65. The number of hydrogen-bond acceptors (Lipinski definition) is 3. The summed E-state index contributed by atoms with van der Waals surface area (Å²) in [5.74, 6) is -0.993. The molecule has 0 bridgehead atoms. The molecule has 0 aliphatic carbocycles. The van der Waals surface area contributed by atoms with Gasteiger partial charge in [0, 0.05) is 13.2 Å². The summed E-state index contributed by atoms with van der Waals surface area (Å²) in [6.45, 7) is -1.12. The number of carbonyl (C=O) groups excluding carboxylic acids is 1. The Morgan fingerprint density at radius 2 is 2.14 bits per heavy atom. The summed E-state index contributed by atoms with van der Waals surface area (Å²) in [4.78, 5) is 33.1. The first-order valence-corrected chi connectivity index (χ1v) is 3.65. The molecule has 0 aliphatic rings. The van der Waals surface area contributed by atoms with Crippen LogP contribution in [-0.4, -0.2) is 15.0 Å². The average molecular weight is 201 g/mol. The number of carbonyl (C=O) groups is 1. The summed E-state index contributed by atoms with van der Waals surface area (Å²) in [7, 11) is 1.14. The second-order valence-corrected chi connectivity index (χ2v) is 2.64. The van der Waals surface area contributed by atoms with Crippen molar-refractivity contribution < 1.29 is 9.18 Å². The highest BCUT2D eigenvalue weighted by molar-refractivity contribution is 5.91. The molecule has 1 amide bonds. The van der Waals surface area contributed by atoms with Gasteiger partial charge in [-0.25, -0.2) is 9.18 Å². The number of nitrogens with zero attached hydrogens (tertiary/aromatic N) is 2. The molecule has 6 nitrogen and oxygen atoms in total. The number of nitrogens with two attached hydrogens (primary N) is 1. The van der Waals surface area contributed by atoms with Gasteiger partial charge in [0.05, 0.1) is 0 Å². The lowest BCUT2D eigenvalue weighted by Crippen LogP contribution is -2.41. The molecule has 1 rings (SSSR count). The Morgan fingerprint density at radius 3 is 2.57 bits per heavy atom. The second-order valence-electron chi connectivity index (χ2n) is 2.64. The molecule has 0 unspecified atom stereocenters. The maximum atomic E-state index is 12.2. The van der Waals surface area contributed by atoms with Gasteiger partial charge < -0.3 is 5.73 Å². The second kappa shape index (κ2) is 3.44. The van der Waals surface area contributed by atoms with Gasteiger partial charge in [-0.2, -0.15) is 0 Å². The number of rotatable bonds is 2. The van der Waals surface area contributed by atoms with Crippen LogP contribution in [0, 0.1) is 0 Å². The minimum Gasteiger partial charge on any atom is -0.365 e. The molecular weight excluding hydrogens is 193 g/mol. The predicted octanol–water partition coefficient (Wildman–Crippen LogP) is -1.43. The molecule has 0 aliphatic heterocycles. The van der Waals surface area contributed by atoms with E-state index < -0.39 is 29.5 Å². The minimum atomic E-state index is -1.12. The summed E-state index contributed by atoms with van der Waals surface area (Å²) in [5, 5.41) is 0. The van der Waals surface area contributed by atoms with Crippen molar-refractivity contribution in [2.24, 2.45) is 12.8 Å². The van der Waals surface area contributed by atoms with E-state index >= 15 is 0 Å². The maximum Gasteiger partial charge on any atom is 0.332 e. The van der Waals surface area contributed by atoms with E-state index in [0.717, 1.165) is 13.2 Å². The molecule has 0 aromatic carbocycles. The first kappa shape index (κ1) is 10.2. The van der Waals surface area contributed by atoms with Crippen LogP contribution in [0.25, 0.3) is 0 Å². The first-order chi connectivity index (χ1) is 6.49. The van der Waals surface area contributed by atoms with Gasteiger partial charge in [0.2, 0.25) is 0 Å². The predicted molar refractivity (Wildman–Crippen MR) is 45.6 cm³/mol. The van der Waals surface area contributed by atoms with Gasteiger partial charge in [0.15, 0.2) is 6.80 Å². The highest BCUT2D eigenvalue weighted by atomic mass is 19.1. The van der Waals surface area contributed by atoms with Crippen molar-refractivity contribution in [1.29, 1.82) is 0 Å². The van der Waals surface area contributed by atoms with Crippen LogP contribution < -0.4 is 17.0 Å². The number of primary amides is 1. The van der Waals surface area contributed by atoms with Crippen LogP contribution in [0.1, 0.15) is 10.4 Å². The molecule has 76 valence electrons. The molecule has 1 heterocycles. The van der Waals surface area contributed by atoms with E-state index in [1.54, 1.807) is 0 Å². The lowest BCUT2D eigenvalue weighted by atomic mass is 10.3. The topological polar surface area (TPSA) is 87.1 Å². The summed E-state index contributed by atoms with van der Waals surface area (Å²) in [5.41, 5.74) is 2.80. The number of halogens is 1. The minimum absolute atomic E-state index is 0.412. The van der Waals surface area contributed by atoms with E-state index in [1.807, 2.05) is 0 Å². The zero-order chi connectivity index (χ0) is 10.9. The molecule has 0 radical (unpaired) electrons. The lowest BCUT2D eigenvalue weighted by Gasteiger charge is -2.04. The van der Waals surface area contributed by atoms with Gasteiger partial charge in [-0.3, -0.25) is 18.7 Å². The normalized spacial score (nSPS) is 10.1. The molecular formula is C7H8FN3O3. The molecule has 2 N–H and O–H groups in total. The van der Waals surface area contributed by atoms with Gasteiger partial charge in [-0.15, -0.1) is 0 Å². The highest BCUT2D eigenvalue weighted by Gasteiger charge is 2.12. The Labute approximate surface area is 77.4 Å². The quantitative estimate of drug-likeness (QED) is 0.636. The van der Waals surface area contributed by atoms with Crippen molar-refractivity contribution in [3.05, 3.63) is 32.6 Å². The van der Waals surface area contributed by atoms with Crippen LogP contribution in [0.5, 0.6) is 0 Å². The van der Waals surface area contributed by atoms with E-state index in [1.165, 1.54) is 0 Å². The van der Waals surface area contributed by atoms with E-state index in [-0.39, 0.29) is 0 Å². The highest BCUT2D eigenvalue weighted by Crippen LogP contribution is 1.87. The van der Waals surface area contributed by atoms with Gasteiger partial charge >= 0.3 is 5.69 Å². The van der Waals surface area contributed by atoms with Crippen molar-refractivity contribution in [2.45, 2.75) is 6.80 Å². The van der Waals surface area contributed by atoms with Crippen molar-refractivity contribution in [1.82, 2.24) is 9.13 Å². The van der Waals surface area contributed by atoms with E-state index in [2.05, 4.69) is 0 Å². The SMILES string of the molecule is Cn1c(=O)c(C(N)=O)cn(CF)c1=O. The average Bonchev–Trinajstić information content (AvgIpc) is 2.14. The molecule has 0 spiro atoms. The van der Waals surface area contributed by atoms with Crippen molar-refractivity contribution in [2.75, 3.05) is 0 Å². The zero-order valence-electron chi connectivity index (χ0n) is 7.36. The Hall–Kier alpha value is -1.92. The van der Waals surface area contributed by atoms with Crippen LogP contribution in [0.2, 0.25) is 0 Å². The third-order valence-electron chi connectivity index (χ3n) is 1.75.